The highest BCUT2D eigenvalue weighted by atomic mass is 79.9. The molecule has 1 aliphatic rings. The lowest BCUT2D eigenvalue weighted by Crippen LogP contribution is -2.54. The maximum absolute atomic E-state index is 13.4. The summed E-state index contributed by atoms with van der Waals surface area (Å²) in [6, 6.07) is 12.1. The Morgan fingerprint density at radius 3 is 2.40 bits per heavy atom. The number of nitrogens with one attached hydrogen (secondary N) is 2. The summed E-state index contributed by atoms with van der Waals surface area (Å²) in [7, 11) is 1.44. The largest absolute Gasteiger partial charge is 0.493 e. The minimum atomic E-state index is -0.895. The highest BCUT2D eigenvalue weighted by Crippen LogP contribution is 2.37. The first-order chi connectivity index (χ1) is 20.5. The molecule has 1 fully saturated rings. The number of ether oxygens (including phenoxy) is 3. The third-order valence-electron chi connectivity index (χ3n) is 6.10. The summed E-state index contributed by atoms with van der Waals surface area (Å²) in [5, 5.41) is 5.45. The summed E-state index contributed by atoms with van der Waals surface area (Å²) >= 11 is 13.0. The number of carbonyl (C=O) groups is 4. The monoisotopic (exact) mass is 733 g/mol. The number of anilines is 2. The van der Waals surface area contributed by atoms with E-state index in [1.54, 1.807) is 36.4 Å². The summed E-state index contributed by atoms with van der Waals surface area (Å²) in [5.41, 5.74) is 1.79. The fourth-order valence-corrected chi connectivity index (χ4v) is 5.62. The number of amides is 5. The van der Waals surface area contributed by atoms with E-state index >= 15 is 0 Å². The standard InChI is InChI=1S/C30H26Br2ClN3O7/c1-4-9-42-24-8-7-19(14-25(24)41-3)36-29(39)20(28(38)35-30(36)40)10-17-11-21(31)27(22(32)12-17)43-15-26(37)34-18-6-5-16(2)23(33)13-18/h5-8,10-14H,4,9,15H2,1-3H3,(H,34,37)(H,35,38,40)/b20-10-. The van der Waals surface area contributed by atoms with Gasteiger partial charge in [-0.05, 0) is 98.8 Å². The fourth-order valence-electron chi connectivity index (χ4n) is 3.99. The predicted octanol–water partition coefficient (Wildman–Crippen LogP) is 6.65. The van der Waals surface area contributed by atoms with E-state index in [9.17, 15) is 19.2 Å². The zero-order valence-electron chi connectivity index (χ0n) is 23.3. The number of nitrogens with zero attached hydrogens (tertiary/aromatic N) is 1. The number of halogens is 3. The van der Waals surface area contributed by atoms with E-state index < -0.39 is 23.8 Å². The smallest absolute Gasteiger partial charge is 0.335 e. The Morgan fingerprint density at radius 1 is 1.02 bits per heavy atom. The van der Waals surface area contributed by atoms with Crippen molar-refractivity contribution in [2.45, 2.75) is 20.3 Å². The Kier molecular flexibility index (Phi) is 10.5. The van der Waals surface area contributed by atoms with Gasteiger partial charge in [-0.25, -0.2) is 9.69 Å². The Morgan fingerprint density at radius 2 is 1.74 bits per heavy atom. The summed E-state index contributed by atoms with van der Waals surface area (Å²) in [6.45, 7) is 3.99. The second-order valence-electron chi connectivity index (χ2n) is 9.26. The number of carbonyl (C=O) groups excluding carboxylic acids is 4. The minimum Gasteiger partial charge on any atom is -0.493 e. The predicted molar refractivity (Wildman–Crippen MR) is 170 cm³/mol. The molecule has 0 unspecified atom stereocenters. The van der Waals surface area contributed by atoms with Gasteiger partial charge in [0.1, 0.15) is 11.3 Å². The second-order valence-corrected chi connectivity index (χ2v) is 11.4. The summed E-state index contributed by atoms with van der Waals surface area (Å²) < 4.78 is 17.6. The Bertz CT molecular complexity index is 1620. The lowest BCUT2D eigenvalue weighted by Gasteiger charge is -2.27. The molecular weight excluding hydrogens is 710 g/mol. The van der Waals surface area contributed by atoms with E-state index in [4.69, 9.17) is 25.8 Å². The lowest BCUT2D eigenvalue weighted by molar-refractivity contribution is -0.122. The van der Waals surface area contributed by atoms with Gasteiger partial charge in [0, 0.05) is 16.8 Å². The molecule has 43 heavy (non-hydrogen) atoms. The van der Waals surface area contributed by atoms with Crippen LogP contribution < -0.4 is 29.7 Å². The molecule has 0 radical (unpaired) electrons. The zero-order valence-corrected chi connectivity index (χ0v) is 27.2. The fraction of sp³-hybridized carbons (Fsp3) is 0.200. The Hall–Kier alpha value is -3.87. The van der Waals surface area contributed by atoms with E-state index in [1.807, 2.05) is 13.8 Å². The molecule has 0 aromatic heterocycles. The van der Waals surface area contributed by atoms with Crippen LogP contribution in [0.1, 0.15) is 24.5 Å². The van der Waals surface area contributed by atoms with Gasteiger partial charge in [0.2, 0.25) is 0 Å². The molecule has 0 aliphatic carbocycles. The van der Waals surface area contributed by atoms with Gasteiger partial charge >= 0.3 is 6.03 Å². The van der Waals surface area contributed by atoms with Gasteiger partial charge in [-0.15, -0.1) is 0 Å². The molecule has 0 saturated carbocycles. The van der Waals surface area contributed by atoms with Crippen molar-refractivity contribution in [1.82, 2.24) is 5.32 Å². The molecular formula is C30H26Br2ClN3O7. The van der Waals surface area contributed by atoms with Crippen molar-refractivity contribution in [2.75, 3.05) is 30.5 Å². The molecule has 1 aliphatic heterocycles. The molecule has 0 bridgehead atoms. The third-order valence-corrected chi connectivity index (χ3v) is 7.69. The number of hydrogen-bond donors (Lipinski definition) is 2. The molecule has 3 aromatic carbocycles. The van der Waals surface area contributed by atoms with Gasteiger partial charge in [-0.1, -0.05) is 24.6 Å². The normalized spacial score (nSPS) is 14.0. The number of methoxy groups -OCH3 is 1. The number of urea groups is 1. The first-order valence-electron chi connectivity index (χ1n) is 12.9. The first-order valence-corrected chi connectivity index (χ1v) is 14.9. The van der Waals surface area contributed by atoms with Crippen LogP contribution >= 0.6 is 43.5 Å². The van der Waals surface area contributed by atoms with Crippen molar-refractivity contribution in [3.8, 4) is 17.2 Å². The molecule has 0 spiro atoms. The van der Waals surface area contributed by atoms with Crippen LogP contribution in [0.25, 0.3) is 6.08 Å². The molecule has 1 saturated heterocycles. The molecule has 3 aromatic rings. The van der Waals surface area contributed by atoms with Gasteiger partial charge in [0.05, 0.1) is 28.3 Å². The van der Waals surface area contributed by atoms with Gasteiger partial charge in [0.25, 0.3) is 17.7 Å². The van der Waals surface area contributed by atoms with Crippen LogP contribution in [0.4, 0.5) is 16.2 Å². The van der Waals surface area contributed by atoms with E-state index in [2.05, 4.69) is 42.5 Å². The number of barbiturate groups is 1. The average Bonchev–Trinajstić information content (AvgIpc) is 2.95. The van der Waals surface area contributed by atoms with Crippen molar-refractivity contribution in [3.63, 3.8) is 0 Å². The van der Waals surface area contributed by atoms with E-state index in [0.29, 0.717) is 49.1 Å². The van der Waals surface area contributed by atoms with Crippen LogP contribution in [0.2, 0.25) is 5.02 Å². The molecule has 10 nitrogen and oxygen atoms in total. The molecule has 2 N–H and O–H groups in total. The number of hydrogen-bond acceptors (Lipinski definition) is 7. The number of imide groups is 2. The SMILES string of the molecule is CCCOc1ccc(N2C(=O)NC(=O)/C(=C/c3cc(Br)c(OCC(=O)Nc4ccc(C)c(Cl)c4)c(Br)c3)C2=O)cc1OC. The number of benzene rings is 3. The van der Waals surface area contributed by atoms with Crippen molar-refractivity contribution < 1.29 is 33.4 Å². The van der Waals surface area contributed by atoms with Crippen molar-refractivity contribution in [3.05, 3.63) is 79.2 Å². The molecule has 4 rings (SSSR count). The highest BCUT2D eigenvalue weighted by Gasteiger charge is 2.37. The quantitative estimate of drug-likeness (QED) is 0.177. The Labute approximate surface area is 269 Å². The number of rotatable bonds is 10. The molecule has 13 heteroatoms. The summed E-state index contributed by atoms with van der Waals surface area (Å²) in [4.78, 5) is 52.1. The Balaban J connectivity index is 1.52. The van der Waals surface area contributed by atoms with E-state index in [0.717, 1.165) is 16.9 Å². The first kappa shape index (κ1) is 32.1. The average molecular weight is 736 g/mol. The summed E-state index contributed by atoms with van der Waals surface area (Å²) in [5.74, 6) is -0.957. The third kappa shape index (κ3) is 7.56. The zero-order chi connectivity index (χ0) is 31.3. The van der Waals surface area contributed by atoms with Gasteiger partial charge in [-0.2, -0.15) is 0 Å². The summed E-state index contributed by atoms with van der Waals surface area (Å²) in [6.07, 6.45) is 2.13. The van der Waals surface area contributed by atoms with Crippen molar-refractivity contribution in [1.29, 1.82) is 0 Å². The van der Waals surface area contributed by atoms with Crippen LogP contribution in [0.5, 0.6) is 17.2 Å². The van der Waals surface area contributed by atoms with Crippen molar-refractivity contribution in [2.24, 2.45) is 0 Å². The van der Waals surface area contributed by atoms with E-state index in [1.165, 1.54) is 25.3 Å². The molecule has 224 valence electrons. The van der Waals surface area contributed by atoms with Crippen molar-refractivity contribution >= 4 is 84.7 Å². The molecule has 5 amide bonds. The molecule has 0 atom stereocenters. The second kappa shape index (κ2) is 14.1. The topological polar surface area (TPSA) is 123 Å². The maximum atomic E-state index is 13.4. The van der Waals surface area contributed by atoms with E-state index in [-0.39, 0.29) is 17.9 Å². The number of aryl methyl sites for hydroxylation is 1. The van der Waals surface area contributed by atoms with Crippen LogP contribution in [-0.4, -0.2) is 44.1 Å². The van der Waals surface area contributed by atoms with Gasteiger partial charge in [-0.3, -0.25) is 19.7 Å². The minimum absolute atomic E-state index is 0.193. The van der Waals surface area contributed by atoms with Crippen LogP contribution in [0.15, 0.2) is 63.0 Å². The van der Waals surface area contributed by atoms with Crippen LogP contribution in [-0.2, 0) is 14.4 Å². The lowest BCUT2D eigenvalue weighted by atomic mass is 10.1. The van der Waals surface area contributed by atoms with Gasteiger partial charge < -0.3 is 19.5 Å². The maximum Gasteiger partial charge on any atom is 0.335 e. The highest BCUT2D eigenvalue weighted by molar-refractivity contribution is 9.11. The van der Waals surface area contributed by atoms with Crippen LogP contribution in [0, 0.1) is 6.92 Å². The van der Waals surface area contributed by atoms with Gasteiger partial charge in [0.15, 0.2) is 18.1 Å². The van der Waals surface area contributed by atoms with Crippen LogP contribution in [0.3, 0.4) is 0 Å². The molecule has 1 heterocycles.